The van der Waals surface area contributed by atoms with Crippen LogP contribution in [-0.2, 0) is 11.2 Å². The fraction of sp³-hybridized carbons (Fsp3) is 0.357. The van der Waals surface area contributed by atoms with Gasteiger partial charge in [-0.15, -0.1) is 0 Å². The van der Waals surface area contributed by atoms with E-state index in [2.05, 4.69) is 6.58 Å². The van der Waals surface area contributed by atoms with Crippen LogP contribution in [0.4, 0.5) is 0 Å². The van der Waals surface area contributed by atoms with Crippen LogP contribution in [0, 0.1) is 0 Å². The van der Waals surface area contributed by atoms with Crippen LogP contribution in [-0.4, -0.2) is 27.6 Å². The van der Waals surface area contributed by atoms with Crippen molar-refractivity contribution in [3.8, 4) is 17.2 Å². The van der Waals surface area contributed by atoms with Gasteiger partial charge in [-0.25, -0.2) is 0 Å². The quantitative estimate of drug-likeness (QED) is 0.697. The molecule has 98 valence electrons. The Morgan fingerprint density at radius 1 is 1.17 bits per heavy atom. The van der Waals surface area contributed by atoms with Crippen LogP contribution in [0.2, 0.25) is 0 Å². The van der Waals surface area contributed by atoms with Gasteiger partial charge >= 0.3 is 0 Å². The molecule has 1 aromatic rings. The molecule has 0 aliphatic carbocycles. The van der Waals surface area contributed by atoms with Crippen molar-refractivity contribution in [1.82, 2.24) is 0 Å². The van der Waals surface area contributed by atoms with E-state index in [0.29, 0.717) is 30.1 Å². The predicted octanol–water partition coefficient (Wildman–Crippen LogP) is 2.49. The maximum absolute atomic E-state index is 10.5. The number of hydrogen-bond donors (Lipinski definition) is 0. The van der Waals surface area contributed by atoms with Crippen LogP contribution < -0.4 is 14.2 Å². The number of aryl methyl sites for hydroxylation is 1. The van der Waals surface area contributed by atoms with Gasteiger partial charge in [-0.05, 0) is 18.1 Å². The Balaban J connectivity index is 3.42. The standard InChI is InChI=1S/C14H18O4/c1-5-11-10(7-6-8-15)9-12(16-2)14(18-4)13(11)17-3/h5,8-9H,1,6-7H2,2-4H3. The summed E-state index contributed by atoms with van der Waals surface area (Å²) in [5, 5.41) is 0. The second-order valence-corrected chi connectivity index (χ2v) is 3.63. The van der Waals surface area contributed by atoms with E-state index >= 15 is 0 Å². The molecule has 0 spiro atoms. The number of methoxy groups -OCH3 is 3. The van der Waals surface area contributed by atoms with Gasteiger partial charge in [0.25, 0.3) is 0 Å². The highest BCUT2D eigenvalue weighted by Gasteiger charge is 2.18. The summed E-state index contributed by atoms with van der Waals surface area (Å²) in [5.74, 6) is 1.69. The summed E-state index contributed by atoms with van der Waals surface area (Å²) in [7, 11) is 4.68. The number of rotatable bonds is 7. The van der Waals surface area contributed by atoms with Crippen molar-refractivity contribution in [3.05, 3.63) is 23.8 Å². The third-order valence-electron chi connectivity index (χ3n) is 2.69. The first kappa shape index (κ1) is 14.1. The molecule has 0 aromatic heterocycles. The summed E-state index contributed by atoms with van der Waals surface area (Å²) >= 11 is 0. The number of benzene rings is 1. The molecule has 0 heterocycles. The molecule has 1 aromatic carbocycles. The zero-order valence-electron chi connectivity index (χ0n) is 11.0. The third-order valence-corrected chi connectivity index (χ3v) is 2.69. The topological polar surface area (TPSA) is 44.8 Å². The van der Waals surface area contributed by atoms with E-state index in [-0.39, 0.29) is 0 Å². The summed E-state index contributed by atoms with van der Waals surface area (Å²) < 4.78 is 15.9. The van der Waals surface area contributed by atoms with Gasteiger partial charge in [0.1, 0.15) is 6.29 Å². The van der Waals surface area contributed by atoms with Crippen LogP contribution in [0.1, 0.15) is 17.5 Å². The molecule has 0 fully saturated rings. The molecule has 0 aliphatic rings. The Labute approximate surface area is 107 Å². The minimum Gasteiger partial charge on any atom is -0.493 e. The monoisotopic (exact) mass is 250 g/mol. The van der Waals surface area contributed by atoms with Crippen LogP contribution >= 0.6 is 0 Å². The van der Waals surface area contributed by atoms with Crippen LogP contribution in [0.5, 0.6) is 17.2 Å². The summed E-state index contributed by atoms with van der Waals surface area (Å²) in [6.45, 7) is 3.77. The Morgan fingerprint density at radius 3 is 2.28 bits per heavy atom. The normalized spacial score (nSPS) is 9.72. The van der Waals surface area contributed by atoms with E-state index in [9.17, 15) is 4.79 Å². The lowest BCUT2D eigenvalue weighted by molar-refractivity contribution is -0.107. The second kappa shape index (κ2) is 6.69. The zero-order valence-corrected chi connectivity index (χ0v) is 11.0. The molecule has 18 heavy (non-hydrogen) atoms. The number of ether oxygens (including phenoxy) is 3. The van der Waals surface area contributed by atoms with E-state index in [0.717, 1.165) is 17.4 Å². The molecule has 0 unspecified atom stereocenters. The number of hydrogen-bond acceptors (Lipinski definition) is 4. The summed E-state index contributed by atoms with van der Waals surface area (Å²) in [6, 6.07) is 1.85. The largest absolute Gasteiger partial charge is 0.493 e. The maximum atomic E-state index is 10.5. The lowest BCUT2D eigenvalue weighted by atomic mass is 10.0. The number of carbonyl (C=O) groups is 1. The molecule has 4 heteroatoms. The van der Waals surface area contributed by atoms with E-state index in [1.165, 1.54) is 0 Å². The SMILES string of the molecule is C=Cc1c(CCC=O)cc(OC)c(OC)c1OC. The van der Waals surface area contributed by atoms with E-state index in [4.69, 9.17) is 14.2 Å². The van der Waals surface area contributed by atoms with Crippen molar-refractivity contribution >= 4 is 12.4 Å². The average molecular weight is 250 g/mol. The van der Waals surface area contributed by atoms with Gasteiger partial charge < -0.3 is 19.0 Å². The molecule has 0 saturated carbocycles. The van der Waals surface area contributed by atoms with Crippen molar-refractivity contribution in [2.75, 3.05) is 21.3 Å². The second-order valence-electron chi connectivity index (χ2n) is 3.63. The maximum Gasteiger partial charge on any atom is 0.203 e. The van der Waals surface area contributed by atoms with E-state index < -0.39 is 0 Å². The van der Waals surface area contributed by atoms with E-state index in [1.54, 1.807) is 27.4 Å². The number of aldehydes is 1. The zero-order chi connectivity index (χ0) is 13.5. The summed E-state index contributed by atoms with van der Waals surface area (Å²) in [5.41, 5.74) is 1.78. The van der Waals surface area contributed by atoms with Gasteiger partial charge in [-0.2, -0.15) is 0 Å². The van der Waals surface area contributed by atoms with Crippen molar-refractivity contribution in [1.29, 1.82) is 0 Å². The minimum atomic E-state index is 0.444. The van der Waals surface area contributed by atoms with Crippen LogP contribution in [0.15, 0.2) is 12.6 Å². The average Bonchev–Trinajstić information content (AvgIpc) is 2.42. The summed E-state index contributed by atoms with van der Waals surface area (Å²) in [4.78, 5) is 10.5. The Bertz CT molecular complexity index is 438. The Kier molecular flexibility index (Phi) is 5.24. The van der Waals surface area contributed by atoms with Crippen LogP contribution in [0.3, 0.4) is 0 Å². The lowest BCUT2D eigenvalue weighted by Gasteiger charge is -2.17. The van der Waals surface area contributed by atoms with Crippen LogP contribution in [0.25, 0.3) is 6.08 Å². The first-order valence-corrected chi connectivity index (χ1v) is 5.61. The molecule has 0 saturated heterocycles. The highest BCUT2D eigenvalue weighted by atomic mass is 16.5. The molecule has 1 rings (SSSR count). The molecular weight excluding hydrogens is 232 g/mol. The van der Waals surface area contributed by atoms with Gasteiger partial charge in [-0.1, -0.05) is 12.7 Å². The first-order valence-electron chi connectivity index (χ1n) is 5.61. The van der Waals surface area contributed by atoms with Gasteiger partial charge in [-0.3, -0.25) is 0 Å². The molecule has 0 bridgehead atoms. The van der Waals surface area contributed by atoms with Crippen molar-refractivity contribution in [2.24, 2.45) is 0 Å². The minimum absolute atomic E-state index is 0.444. The highest BCUT2D eigenvalue weighted by molar-refractivity contribution is 5.69. The summed E-state index contributed by atoms with van der Waals surface area (Å²) in [6.07, 6.45) is 3.64. The smallest absolute Gasteiger partial charge is 0.203 e. The highest BCUT2D eigenvalue weighted by Crippen LogP contribution is 2.42. The van der Waals surface area contributed by atoms with Crippen molar-refractivity contribution in [3.63, 3.8) is 0 Å². The van der Waals surface area contributed by atoms with Gasteiger partial charge in [0.05, 0.1) is 21.3 Å². The molecule has 0 N–H and O–H groups in total. The van der Waals surface area contributed by atoms with Gasteiger partial charge in [0, 0.05) is 12.0 Å². The fourth-order valence-corrected chi connectivity index (χ4v) is 1.87. The van der Waals surface area contributed by atoms with Crippen molar-refractivity contribution < 1.29 is 19.0 Å². The van der Waals surface area contributed by atoms with Crippen molar-refractivity contribution in [2.45, 2.75) is 12.8 Å². The van der Waals surface area contributed by atoms with Gasteiger partial charge in [0.15, 0.2) is 11.5 Å². The molecule has 0 amide bonds. The molecule has 0 atom stereocenters. The first-order chi connectivity index (χ1) is 8.73. The van der Waals surface area contributed by atoms with Gasteiger partial charge in [0.2, 0.25) is 5.75 Å². The lowest BCUT2D eigenvalue weighted by Crippen LogP contribution is -2.01. The Hall–Kier alpha value is -1.97. The molecule has 0 aliphatic heterocycles. The molecule has 4 nitrogen and oxygen atoms in total. The predicted molar refractivity (Wildman–Crippen MR) is 70.6 cm³/mol. The Morgan fingerprint density at radius 2 is 1.83 bits per heavy atom. The molecule has 0 radical (unpaired) electrons. The molecular formula is C14H18O4. The fourth-order valence-electron chi connectivity index (χ4n) is 1.87. The van der Waals surface area contributed by atoms with E-state index in [1.807, 2.05) is 6.07 Å². The third kappa shape index (κ3) is 2.64. The number of carbonyl (C=O) groups excluding carboxylic acids is 1.